The summed E-state index contributed by atoms with van der Waals surface area (Å²) in [6, 6.07) is 73.8. The molecule has 5 atom stereocenters. The van der Waals surface area contributed by atoms with E-state index in [0.717, 1.165) is 98.8 Å². The SMILES string of the molecule is CCOc1cc(OC)c(CN(Cc2ccccc2)c2ccc3c(c2)C=CC(C)(CN(C)S(=O)(=O)c2ccccc2)O3)c(OC)c1.CCOc1cc(OC)c(CN(Cc2ccccc2)c2ccc3c(c2)C=CC(C)(CNC)O3)c(OC)c1.CN(CC1(C)C=Cc2cc(NCc3ccccc3)ccc2O1)S(=O)(=O)c1ccccc1.P.P. The Morgan fingerprint density at radius 3 is 1.10 bits per heavy atom. The van der Waals surface area contributed by atoms with Gasteiger partial charge in [0.2, 0.25) is 20.0 Å². The molecule has 2 N–H and O–H groups in total. The van der Waals surface area contributed by atoms with Crippen molar-refractivity contribution >= 4 is 75.1 Å². The topological polar surface area (TPSA) is 188 Å². The van der Waals surface area contributed by atoms with Gasteiger partial charge in [-0.15, -0.1) is 0 Å². The van der Waals surface area contributed by atoms with Gasteiger partial charge in [0, 0.05) is 98.3 Å². The summed E-state index contributed by atoms with van der Waals surface area (Å²) in [7, 11) is 4.50. The van der Waals surface area contributed by atoms with E-state index in [4.69, 9.17) is 42.6 Å². The maximum atomic E-state index is 13.2. The molecule has 3 aliphatic heterocycles. The van der Waals surface area contributed by atoms with Crippen LogP contribution in [0.25, 0.3) is 18.2 Å². The largest absolute Gasteiger partial charge is 0.496 e. The number of nitrogens with one attached hydrogen (secondary N) is 2. The lowest BCUT2D eigenvalue weighted by Crippen LogP contribution is -2.45. The molecule has 3 heterocycles. The summed E-state index contributed by atoms with van der Waals surface area (Å²) in [6.07, 6.45) is 12.1. The molecule has 10 aromatic rings. The Morgan fingerprint density at radius 1 is 0.404 bits per heavy atom. The number of fused-ring (bicyclic) bond motifs is 3. The van der Waals surface area contributed by atoms with Crippen LogP contribution in [-0.4, -0.2) is 125 Å². The summed E-state index contributed by atoms with van der Waals surface area (Å²) in [5, 5.41) is 6.63. The van der Waals surface area contributed by atoms with Crippen LogP contribution in [0.5, 0.6) is 51.7 Å². The molecule has 0 radical (unpaired) electrons. The molecule has 3 aliphatic rings. The number of hydrogen-bond acceptors (Lipinski definition) is 17. The first-order valence-electron chi connectivity index (χ1n) is 37.3. The van der Waals surface area contributed by atoms with E-state index in [9.17, 15) is 16.8 Å². The van der Waals surface area contributed by atoms with E-state index >= 15 is 0 Å². The van der Waals surface area contributed by atoms with Crippen LogP contribution in [0.4, 0.5) is 17.1 Å². The smallest absolute Gasteiger partial charge is 0.242 e. The number of hydrogen-bond donors (Lipinski definition) is 2. The molecule has 0 amide bonds. The molecule has 0 aliphatic carbocycles. The molecule has 602 valence electrons. The van der Waals surface area contributed by atoms with E-state index in [1.54, 1.807) is 103 Å². The summed E-state index contributed by atoms with van der Waals surface area (Å²) >= 11 is 0. The predicted molar refractivity (Wildman–Crippen MR) is 470 cm³/mol. The molecule has 0 fully saturated rings. The highest BCUT2D eigenvalue weighted by molar-refractivity contribution is 7.89. The number of rotatable bonds is 31. The Balaban J connectivity index is 0.000000198. The summed E-state index contributed by atoms with van der Waals surface area (Å²) < 4.78 is 108. The number of nitrogens with zero attached hydrogens (tertiary/aromatic N) is 4. The monoisotopic (exact) mass is 1620 g/mol. The number of ether oxygens (including phenoxy) is 9. The Hall–Kier alpha value is -10.3. The van der Waals surface area contributed by atoms with Crippen LogP contribution in [0, 0.1) is 0 Å². The zero-order valence-electron chi connectivity index (χ0n) is 67.3. The molecule has 23 heteroatoms. The second-order valence-corrected chi connectivity index (χ2v) is 32.2. The molecular formula is C91H108N6O13P2S2. The third-order valence-electron chi connectivity index (χ3n) is 19.4. The first-order valence-corrected chi connectivity index (χ1v) is 40.2. The molecule has 0 bridgehead atoms. The average molecular weight is 1620 g/mol. The van der Waals surface area contributed by atoms with Gasteiger partial charge in [0.25, 0.3) is 0 Å². The van der Waals surface area contributed by atoms with Crippen LogP contribution in [0.1, 0.15) is 79.1 Å². The van der Waals surface area contributed by atoms with Gasteiger partial charge in [-0.05, 0) is 155 Å². The van der Waals surface area contributed by atoms with Gasteiger partial charge in [0.1, 0.15) is 68.5 Å². The molecule has 0 saturated heterocycles. The van der Waals surface area contributed by atoms with Crippen LogP contribution < -0.4 is 63.1 Å². The fraction of sp³-hybridized carbons (Fsp3) is 0.275. The third kappa shape index (κ3) is 22.4. The lowest BCUT2D eigenvalue weighted by Gasteiger charge is -2.35. The Labute approximate surface area is 680 Å². The van der Waals surface area contributed by atoms with Gasteiger partial charge in [-0.25, -0.2) is 16.8 Å². The van der Waals surface area contributed by atoms with Crippen LogP contribution in [0.2, 0.25) is 0 Å². The van der Waals surface area contributed by atoms with E-state index < -0.39 is 31.2 Å². The number of likely N-dealkylation sites (N-methyl/N-ethyl adjacent to an activating group) is 3. The Kier molecular flexibility index (Phi) is 30.8. The third-order valence-corrected chi connectivity index (χ3v) is 23.0. The van der Waals surface area contributed by atoms with Crippen molar-refractivity contribution in [2.45, 2.75) is 93.9 Å². The second-order valence-electron chi connectivity index (χ2n) is 28.1. The van der Waals surface area contributed by atoms with Crippen molar-refractivity contribution in [3.05, 3.63) is 293 Å². The van der Waals surface area contributed by atoms with Crippen molar-refractivity contribution in [3.63, 3.8) is 0 Å². The molecule has 0 spiro atoms. The molecule has 0 aromatic heterocycles. The van der Waals surface area contributed by atoms with E-state index in [1.807, 2.05) is 156 Å². The van der Waals surface area contributed by atoms with Crippen molar-refractivity contribution in [2.24, 2.45) is 0 Å². The Bertz CT molecular complexity index is 5080. The molecule has 13 rings (SSSR count). The Morgan fingerprint density at radius 2 is 0.737 bits per heavy atom. The zero-order chi connectivity index (χ0) is 79.5. The lowest BCUT2D eigenvalue weighted by atomic mass is 9.99. The van der Waals surface area contributed by atoms with Crippen LogP contribution >= 0.6 is 19.8 Å². The van der Waals surface area contributed by atoms with E-state index in [0.29, 0.717) is 55.8 Å². The minimum atomic E-state index is -3.66. The van der Waals surface area contributed by atoms with Gasteiger partial charge in [-0.2, -0.15) is 28.4 Å². The quantitative estimate of drug-likeness (QED) is 0.0390. The molecule has 10 aromatic carbocycles. The highest BCUT2D eigenvalue weighted by atomic mass is 32.2. The number of benzene rings is 10. The first-order chi connectivity index (χ1) is 54.0. The highest BCUT2D eigenvalue weighted by Crippen LogP contribution is 2.43. The fourth-order valence-corrected chi connectivity index (χ4v) is 16.2. The second kappa shape index (κ2) is 40.1. The number of anilines is 3. The van der Waals surface area contributed by atoms with Crippen molar-refractivity contribution in [1.82, 2.24) is 13.9 Å². The molecule has 19 nitrogen and oxygen atoms in total. The van der Waals surface area contributed by atoms with Crippen LogP contribution in [0.15, 0.2) is 259 Å². The standard InChI is InChI=1S/C36H40N2O6S.C30H36N2O4.C25H26N2O3S.2H3P/c1-6-43-30-22-34(41-4)32(35(23-30)42-5)25-38(24-27-13-9-7-10-14-27)29-17-18-33-28(21-29)19-20-36(2,44-33)26-37(3)45(39,40)31-15-11-8-12-16-31;1-6-35-25-17-28(33-4)26(29(18-25)34-5)20-32(19-22-10-8-7-9-11-22)24-12-13-27-23(16-24)14-15-30(2,36-27)21-31-3;1-25(19-27(2)31(28,29)23-11-7-4-8-12-23)16-15-21-17-22(13-14-24(21)30-25)26-18-20-9-5-3-6-10-20;;/h7-23H,6,24-26H2,1-5H3;7-18,31H,6,19-21H2,1-5H3;3-17,26H,18-19H2,1-2H3;2*1H3. The van der Waals surface area contributed by atoms with Gasteiger partial charge in [-0.3, -0.25) is 0 Å². The van der Waals surface area contributed by atoms with Crippen LogP contribution in [-0.2, 0) is 52.8 Å². The fourth-order valence-electron chi connectivity index (χ4n) is 13.7. The van der Waals surface area contributed by atoms with E-state index in [-0.39, 0.29) is 48.3 Å². The molecule has 5 unspecified atom stereocenters. The maximum Gasteiger partial charge on any atom is 0.242 e. The van der Waals surface area contributed by atoms with Crippen molar-refractivity contribution in [3.8, 4) is 51.7 Å². The normalized spacial score (nSPS) is 16.1. The van der Waals surface area contributed by atoms with E-state index in [1.165, 1.54) is 19.7 Å². The van der Waals surface area contributed by atoms with Crippen molar-refractivity contribution in [1.29, 1.82) is 0 Å². The number of methoxy groups -OCH3 is 4. The van der Waals surface area contributed by atoms with Crippen molar-refractivity contribution in [2.75, 3.05) is 97.5 Å². The van der Waals surface area contributed by atoms with Gasteiger partial charge < -0.3 is 63.1 Å². The van der Waals surface area contributed by atoms with Gasteiger partial charge in [0.05, 0.1) is 88.7 Å². The van der Waals surface area contributed by atoms with Crippen molar-refractivity contribution < 1.29 is 59.5 Å². The molecular weight excluding hydrogens is 1510 g/mol. The lowest BCUT2D eigenvalue weighted by molar-refractivity contribution is 0.117. The summed E-state index contributed by atoms with van der Waals surface area (Å²) in [5.41, 5.74) is 9.47. The summed E-state index contributed by atoms with van der Waals surface area (Å²) in [5.74, 6) is 6.56. The summed E-state index contributed by atoms with van der Waals surface area (Å²) in [6.45, 7) is 15.2. The zero-order valence-corrected chi connectivity index (χ0v) is 71.8. The number of sulfonamides is 2. The summed E-state index contributed by atoms with van der Waals surface area (Å²) in [4.78, 5) is 5.11. The van der Waals surface area contributed by atoms with E-state index in [2.05, 4.69) is 112 Å². The molecule has 114 heavy (non-hydrogen) atoms. The van der Waals surface area contributed by atoms with Gasteiger partial charge >= 0.3 is 0 Å². The highest BCUT2D eigenvalue weighted by Gasteiger charge is 2.36. The maximum absolute atomic E-state index is 13.2. The first kappa shape index (κ1) is 87.6. The predicted octanol–water partition coefficient (Wildman–Crippen LogP) is 17.4. The van der Waals surface area contributed by atoms with Gasteiger partial charge in [0.15, 0.2) is 0 Å². The minimum absolute atomic E-state index is 0. The molecule has 0 saturated carbocycles. The average Bonchev–Trinajstić information content (AvgIpc) is 0.786. The minimum Gasteiger partial charge on any atom is -0.496 e. The van der Waals surface area contributed by atoms with Gasteiger partial charge in [-0.1, -0.05) is 146 Å². The van der Waals surface area contributed by atoms with Crippen LogP contribution in [0.3, 0.4) is 0 Å².